The van der Waals surface area contributed by atoms with E-state index in [0.29, 0.717) is 38.1 Å². The summed E-state index contributed by atoms with van der Waals surface area (Å²) < 4.78 is 0. The second-order valence-electron chi connectivity index (χ2n) is 6.83. The Bertz CT molecular complexity index is 980. The standard InChI is InChI=1S/C21H21N3O2S/c25-20(22-12-14-10-11-27-13-14)16-6-8-17-18(9-7-16)23-19(24-21(17)26)15-4-2-1-3-5-15/h1-5,10-11,13,16H,6-9,12H2,(H,22,25)(H,23,24,26). The van der Waals surface area contributed by atoms with Gasteiger partial charge in [0.25, 0.3) is 5.56 Å². The number of thiophene rings is 1. The molecular weight excluding hydrogens is 358 g/mol. The van der Waals surface area contributed by atoms with Gasteiger partial charge >= 0.3 is 0 Å². The highest BCUT2D eigenvalue weighted by Crippen LogP contribution is 2.23. The van der Waals surface area contributed by atoms with E-state index in [4.69, 9.17) is 4.98 Å². The monoisotopic (exact) mass is 379 g/mol. The predicted octanol–water partition coefficient (Wildman–Crippen LogP) is 3.31. The van der Waals surface area contributed by atoms with E-state index in [1.165, 1.54) is 0 Å². The highest BCUT2D eigenvalue weighted by Gasteiger charge is 2.25. The highest BCUT2D eigenvalue weighted by molar-refractivity contribution is 7.07. The van der Waals surface area contributed by atoms with Crippen LogP contribution in [0, 0.1) is 5.92 Å². The molecule has 4 rings (SSSR count). The third-order valence-corrected chi connectivity index (χ3v) is 5.77. The zero-order valence-electron chi connectivity index (χ0n) is 14.9. The van der Waals surface area contributed by atoms with Crippen molar-refractivity contribution in [3.05, 3.63) is 74.3 Å². The molecule has 6 heteroatoms. The van der Waals surface area contributed by atoms with Crippen LogP contribution in [0.25, 0.3) is 11.4 Å². The number of aromatic nitrogens is 2. The van der Waals surface area contributed by atoms with Crippen molar-refractivity contribution >= 4 is 17.2 Å². The van der Waals surface area contributed by atoms with Gasteiger partial charge in [-0.05, 0) is 48.1 Å². The van der Waals surface area contributed by atoms with Gasteiger partial charge < -0.3 is 10.3 Å². The molecule has 138 valence electrons. The number of fused-ring (bicyclic) bond motifs is 1. The molecule has 1 aliphatic rings. The first kappa shape index (κ1) is 17.7. The minimum absolute atomic E-state index is 0.0636. The van der Waals surface area contributed by atoms with Gasteiger partial charge in [-0.2, -0.15) is 11.3 Å². The number of benzene rings is 1. The third kappa shape index (κ3) is 4.01. The summed E-state index contributed by atoms with van der Waals surface area (Å²) in [4.78, 5) is 32.7. The Morgan fingerprint density at radius 1 is 1.19 bits per heavy atom. The third-order valence-electron chi connectivity index (χ3n) is 5.04. The summed E-state index contributed by atoms with van der Waals surface area (Å²) in [5.41, 5.74) is 3.48. The van der Waals surface area contributed by atoms with Gasteiger partial charge in [-0.1, -0.05) is 30.3 Å². The fourth-order valence-corrected chi connectivity index (χ4v) is 4.17. The quantitative estimate of drug-likeness (QED) is 0.683. The summed E-state index contributed by atoms with van der Waals surface area (Å²) >= 11 is 1.63. The molecule has 0 fully saturated rings. The molecule has 2 heterocycles. The van der Waals surface area contributed by atoms with Gasteiger partial charge in [0, 0.05) is 23.6 Å². The second kappa shape index (κ2) is 7.88. The van der Waals surface area contributed by atoms with E-state index in [2.05, 4.69) is 10.3 Å². The van der Waals surface area contributed by atoms with Crippen molar-refractivity contribution in [1.82, 2.24) is 15.3 Å². The predicted molar refractivity (Wildman–Crippen MR) is 107 cm³/mol. The highest BCUT2D eigenvalue weighted by atomic mass is 32.1. The van der Waals surface area contributed by atoms with Crippen LogP contribution < -0.4 is 10.9 Å². The number of amides is 1. The first-order valence-corrected chi connectivity index (χ1v) is 10.1. The minimum Gasteiger partial charge on any atom is -0.352 e. The molecule has 2 aromatic heterocycles. The maximum Gasteiger partial charge on any atom is 0.254 e. The summed E-state index contributed by atoms with van der Waals surface area (Å²) in [6, 6.07) is 11.7. The number of hydrogen-bond acceptors (Lipinski definition) is 4. The topological polar surface area (TPSA) is 74.8 Å². The van der Waals surface area contributed by atoms with E-state index in [1.54, 1.807) is 11.3 Å². The summed E-state index contributed by atoms with van der Waals surface area (Å²) in [7, 11) is 0. The lowest BCUT2D eigenvalue weighted by atomic mass is 9.99. The van der Waals surface area contributed by atoms with E-state index in [9.17, 15) is 9.59 Å². The number of H-pyrrole nitrogens is 1. The van der Waals surface area contributed by atoms with Crippen molar-refractivity contribution in [2.75, 3.05) is 0 Å². The Kier molecular flexibility index (Phi) is 5.16. The van der Waals surface area contributed by atoms with Crippen LogP contribution in [-0.2, 0) is 24.2 Å². The summed E-state index contributed by atoms with van der Waals surface area (Å²) in [5, 5.41) is 7.07. The molecule has 0 saturated carbocycles. The molecule has 2 N–H and O–H groups in total. The number of rotatable bonds is 4. The molecule has 1 unspecified atom stereocenters. The zero-order valence-corrected chi connectivity index (χ0v) is 15.7. The zero-order chi connectivity index (χ0) is 18.6. The van der Waals surface area contributed by atoms with Crippen LogP contribution in [-0.4, -0.2) is 15.9 Å². The SMILES string of the molecule is O=C(NCc1ccsc1)C1CCc2nc(-c3ccccc3)[nH]c(=O)c2CC1. The molecule has 27 heavy (non-hydrogen) atoms. The Morgan fingerprint density at radius 3 is 2.78 bits per heavy atom. The molecule has 0 aliphatic heterocycles. The minimum atomic E-state index is -0.0857. The molecule has 1 aromatic carbocycles. The molecule has 5 nitrogen and oxygen atoms in total. The van der Waals surface area contributed by atoms with Crippen molar-refractivity contribution < 1.29 is 4.79 Å². The van der Waals surface area contributed by atoms with Crippen molar-refractivity contribution in [3.8, 4) is 11.4 Å². The maximum absolute atomic E-state index is 12.6. The molecule has 0 saturated heterocycles. The lowest BCUT2D eigenvalue weighted by Crippen LogP contribution is -2.30. The van der Waals surface area contributed by atoms with Gasteiger partial charge in [-0.25, -0.2) is 4.98 Å². The van der Waals surface area contributed by atoms with Crippen LogP contribution in [0.1, 0.15) is 29.7 Å². The molecular formula is C21H21N3O2S. The smallest absolute Gasteiger partial charge is 0.254 e. The van der Waals surface area contributed by atoms with Gasteiger partial charge in [0.15, 0.2) is 0 Å². The van der Waals surface area contributed by atoms with Gasteiger partial charge in [0.05, 0.1) is 5.69 Å². The van der Waals surface area contributed by atoms with E-state index < -0.39 is 0 Å². The van der Waals surface area contributed by atoms with Crippen molar-refractivity contribution in [3.63, 3.8) is 0 Å². The molecule has 0 radical (unpaired) electrons. The number of aromatic amines is 1. The van der Waals surface area contributed by atoms with Crippen molar-refractivity contribution in [2.45, 2.75) is 32.2 Å². The van der Waals surface area contributed by atoms with Crippen LogP contribution in [0.2, 0.25) is 0 Å². The van der Waals surface area contributed by atoms with Gasteiger partial charge in [0.2, 0.25) is 5.91 Å². The number of aryl methyl sites for hydroxylation is 1. The van der Waals surface area contributed by atoms with Crippen LogP contribution in [0.5, 0.6) is 0 Å². The molecule has 3 aromatic rings. The number of hydrogen-bond donors (Lipinski definition) is 2. The Hall–Kier alpha value is -2.73. The van der Waals surface area contributed by atoms with Crippen LogP contribution in [0.3, 0.4) is 0 Å². The largest absolute Gasteiger partial charge is 0.352 e. The Morgan fingerprint density at radius 2 is 2.00 bits per heavy atom. The molecule has 0 bridgehead atoms. The van der Waals surface area contributed by atoms with Crippen molar-refractivity contribution in [2.24, 2.45) is 5.92 Å². The lowest BCUT2D eigenvalue weighted by molar-refractivity contribution is -0.125. The van der Waals surface area contributed by atoms with Crippen LogP contribution >= 0.6 is 11.3 Å². The Balaban J connectivity index is 1.48. The second-order valence-corrected chi connectivity index (χ2v) is 7.61. The Labute approximate surface area is 161 Å². The van der Waals surface area contributed by atoms with Crippen LogP contribution in [0.15, 0.2) is 52.0 Å². The average molecular weight is 379 g/mol. The number of carbonyl (C=O) groups excluding carboxylic acids is 1. The fraction of sp³-hybridized carbons (Fsp3) is 0.286. The summed E-state index contributed by atoms with van der Waals surface area (Å²) in [5.74, 6) is 0.575. The summed E-state index contributed by atoms with van der Waals surface area (Å²) in [6.07, 6.45) is 2.63. The number of nitrogens with one attached hydrogen (secondary N) is 2. The summed E-state index contributed by atoms with van der Waals surface area (Å²) in [6.45, 7) is 0.558. The van der Waals surface area contributed by atoms with Gasteiger partial charge in [0.1, 0.15) is 5.82 Å². The fourth-order valence-electron chi connectivity index (χ4n) is 3.50. The van der Waals surface area contributed by atoms with E-state index >= 15 is 0 Å². The molecule has 1 amide bonds. The van der Waals surface area contributed by atoms with E-state index in [1.807, 2.05) is 47.2 Å². The van der Waals surface area contributed by atoms with E-state index in [-0.39, 0.29) is 17.4 Å². The number of carbonyl (C=O) groups is 1. The molecule has 1 aliphatic carbocycles. The normalized spacial score (nSPS) is 16.4. The maximum atomic E-state index is 12.6. The first-order valence-electron chi connectivity index (χ1n) is 9.17. The van der Waals surface area contributed by atoms with E-state index in [0.717, 1.165) is 22.4 Å². The molecule has 1 atom stereocenters. The number of nitrogens with zero attached hydrogens (tertiary/aromatic N) is 1. The van der Waals surface area contributed by atoms with Crippen molar-refractivity contribution in [1.29, 1.82) is 0 Å². The van der Waals surface area contributed by atoms with Gasteiger partial charge in [-0.3, -0.25) is 9.59 Å². The van der Waals surface area contributed by atoms with Crippen LogP contribution in [0.4, 0.5) is 0 Å². The molecule has 0 spiro atoms. The van der Waals surface area contributed by atoms with Gasteiger partial charge in [-0.15, -0.1) is 0 Å². The first-order chi connectivity index (χ1) is 13.2. The average Bonchev–Trinajstić information content (AvgIpc) is 3.12. The lowest BCUT2D eigenvalue weighted by Gasteiger charge is -2.13.